The van der Waals surface area contributed by atoms with Crippen LogP contribution in [0.1, 0.15) is 12.6 Å². The molecule has 2 aromatic heterocycles. The van der Waals surface area contributed by atoms with E-state index in [4.69, 9.17) is 0 Å². The molecule has 0 bridgehead atoms. The number of imidazole rings is 1. The highest BCUT2D eigenvalue weighted by Gasteiger charge is 2.00. The third kappa shape index (κ3) is 4.11. The fourth-order valence-corrected chi connectivity index (χ4v) is 1.78. The van der Waals surface area contributed by atoms with Gasteiger partial charge in [-0.1, -0.05) is 0 Å². The number of guanidine groups is 1. The third-order valence-corrected chi connectivity index (χ3v) is 2.89. The fraction of sp³-hybridized carbons (Fsp3) is 0.462. The van der Waals surface area contributed by atoms with E-state index in [0.29, 0.717) is 6.54 Å². The van der Waals surface area contributed by atoms with Crippen LogP contribution in [0.4, 0.5) is 0 Å². The van der Waals surface area contributed by atoms with Crippen LogP contribution in [-0.2, 0) is 20.1 Å². The van der Waals surface area contributed by atoms with Crippen LogP contribution in [0.15, 0.2) is 36.0 Å². The Kier molecular flexibility index (Phi) is 5.16. The molecule has 20 heavy (non-hydrogen) atoms. The summed E-state index contributed by atoms with van der Waals surface area (Å²) in [5.74, 6) is 0.814. The standard InChI is InChI=1S/C13H21N7/c1-3-15-13(16-7-9-20-8-6-14-11-20)17-10-12-4-5-18-19(12)2/h4-6,8,11H,3,7,9-10H2,1-2H3,(H2,15,16,17). The van der Waals surface area contributed by atoms with Crippen molar-refractivity contribution in [1.29, 1.82) is 0 Å². The van der Waals surface area contributed by atoms with Gasteiger partial charge in [0.1, 0.15) is 0 Å². The highest BCUT2D eigenvalue weighted by molar-refractivity contribution is 5.79. The molecule has 7 nitrogen and oxygen atoms in total. The number of nitrogens with one attached hydrogen (secondary N) is 2. The number of hydrogen-bond donors (Lipinski definition) is 2. The van der Waals surface area contributed by atoms with Gasteiger partial charge in [0.25, 0.3) is 0 Å². The van der Waals surface area contributed by atoms with E-state index in [1.54, 1.807) is 18.7 Å². The first-order valence-electron chi connectivity index (χ1n) is 6.74. The van der Waals surface area contributed by atoms with Crippen molar-refractivity contribution in [3.05, 3.63) is 36.7 Å². The molecule has 2 N–H and O–H groups in total. The van der Waals surface area contributed by atoms with Gasteiger partial charge < -0.3 is 15.2 Å². The number of rotatable bonds is 6. The normalized spacial score (nSPS) is 11.6. The van der Waals surface area contributed by atoms with Crippen molar-refractivity contribution >= 4 is 5.96 Å². The molecule has 0 aliphatic carbocycles. The SMILES string of the molecule is CCNC(=NCc1ccnn1C)NCCn1ccnc1. The van der Waals surface area contributed by atoms with Gasteiger partial charge in [-0.25, -0.2) is 9.98 Å². The molecule has 0 radical (unpaired) electrons. The smallest absolute Gasteiger partial charge is 0.191 e. The Balaban J connectivity index is 1.84. The second kappa shape index (κ2) is 7.32. The van der Waals surface area contributed by atoms with Gasteiger partial charge in [-0.15, -0.1) is 0 Å². The van der Waals surface area contributed by atoms with Crippen LogP contribution in [0.2, 0.25) is 0 Å². The van der Waals surface area contributed by atoms with E-state index < -0.39 is 0 Å². The molecule has 0 aromatic carbocycles. The highest BCUT2D eigenvalue weighted by atomic mass is 15.3. The van der Waals surface area contributed by atoms with Gasteiger partial charge in [-0.2, -0.15) is 5.10 Å². The molecule has 0 aliphatic rings. The molecule has 0 atom stereocenters. The predicted octanol–water partition coefficient (Wildman–Crippen LogP) is 0.372. The molecule has 0 amide bonds. The molecule has 108 valence electrons. The van der Waals surface area contributed by atoms with Gasteiger partial charge in [0, 0.05) is 45.3 Å². The molecular weight excluding hydrogens is 254 g/mol. The fourth-order valence-electron chi connectivity index (χ4n) is 1.78. The quantitative estimate of drug-likeness (QED) is 0.590. The molecule has 0 aliphatic heterocycles. The molecule has 0 saturated carbocycles. The first-order chi connectivity index (χ1) is 9.79. The lowest BCUT2D eigenvalue weighted by molar-refractivity contribution is 0.659. The summed E-state index contributed by atoms with van der Waals surface area (Å²) in [6.07, 6.45) is 7.31. The Morgan fingerprint density at radius 3 is 2.90 bits per heavy atom. The van der Waals surface area contributed by atoms with Crippen molar-refractivity contribution in [2.75, 3.05) is 13.1 Å². The largest absolute Gasteiger partial charge is 0.357 e. The first-order valence-corrected chi connectivity index (χ1v) is 6.74. The summed E-state index contributed by atoms with van der Waals surface area (Å²) >= 11 is 0. The van der Waals surface area contributed by atoms with Crippen molar-refractivity contribution in [1.82, 2.24) is 30.0 Å². The zero-order chi connectivity index (χ0) is 14.2. The van der Waals surface area contributed by atoms with E-state index in [1.165, 1.54) is 0 Å². The number of aliphatic imine (C=N–C) groups is 1. The van der Waals surface area contributed by atoms with Crippen molar-refractivity contribution in [3.8, 4) is 0 Å². The average molecular weight is 275 g/mol. The Morgan fingerprint density at radius 2 is 2.25 bits per heavy atom. The Labute approximate surface area is 118 Å². The van der Waals surface area contributed by atoms with E-state index in [1.807, 2.05) is 28.6 Å². The second-order valence-electron chi connectivity index (χ2n) is 4.37. The summed E-state index contributed by atoms with van der Waals surface area (Å²) in [4.78, 5) is 8.56. The van der Waals surface area contributed by atoms with Crippen LogP contribution in [0.25, 0.3) is 0 Å². The summed E-state index contributed by atoms with van der Waals surface area (Å²) in [6, 6.07) is 1.97. The monoisotopic (exact) mass is 275 g/mol. The number of nitrogens with zero attached hydrogens (tertiary/aromatic N) is 5. The summed E-state index contributed by atoms with van der Waals surface area (Å²) in [5, 5.41) is 10.7. The molecule has 0 spiro atoms. The first kappa shape index (κ1) is 14.1. The summed E-state index contributed by atoms with van der Waals surface area (Å²) < 4.78 is 3.86. The Bertz CT molecular complexity index is 527. The molecule has 2 rings (SSSR count). The summed E-state index contributed by atoms with van der Waals surface area (Å²) in [7, 11) is 1.92. The maximum absolute atomic E-state index is 4.54. The Hall–Kier alpha value is -2.31. The molecule has 2 aromatic rings. The van der Waals surface area contributed by atoms with E-state index >= 15 is 0 Å². The minimum Gasteiger partial charge on any atom is -0.357 e. The van der Waals surface area contributed by atoms with E-state index in [2.05, 4.69) is 32.6 Å². The van der Waals surface area contributed by atoms with E-state index in [9.17, 15) is 0 Å². The number of aromatic nitrogens is 4. The van der Waals surface area contributed by atoms with Crippen LogP contribution >= 0.6 is 0 Å². The highest BCUT2D eigenvalue weighted by Crippen LogP contribution is 1.97. The minimum absolute atomic E-state index is 0.608. The summed E-state index contributed by atoms with van der Waals surface area (Å²) in [6.45, 7) is 5.15. The lowest BCUT2D eigenvalue weighted by Gasteiger charge is -2.11. The van der Waals surface area contributed by atoms with E-state index in [0.717, 1.165) is 31.3 Å². The third-order valence-electron chi connectivity index (χ3n) is 2.89. The van der Waals surface area contributed by atoms with Crippen LogP contribution < -0.4 is 10.6 Å². The topological polar surface area (TPSA) is 72.1 Å². The zero-order valence-electron chi connectivity index (χ0n) is 12.0. The van der Waals surface area contributed by atoms with Gasteiger partial charge in [-0.3, -0.25) is 4.68 Å². The van der Waals surface area contributed by atoms with Crippen molar-refractivity contribution in [2.24, 2.45) is 12.0 Å². The summed E-state index contributed by atoms with van der Waals surface area (Å²) in [5.41, 5.74) is 1.08. The second-order valence-corrected chi connectivity index (χ2v) is 4.37. The molecule has 2 heterocycles. The Morgan fingerprint density at radius 1 is 1.35 bits per heavy atom. The van der Waals surface area contributed by atoms with Crippen LogP contribution in [0, 0.1) is 0 Å². The number of hydrogen-bond acceptors (Lipinski definition) is 3. The zero-order valence-corrected chi connectivity index (χ0v) is 12.0. The molecular formula is C13H21N7. The lowest BCUT2D eigenvalue weighted by Crippen LogP contribution is -2.38. The predicted molar refractivity (Wildman–Crippen MR) is 78.3 cm³/mol. The van der Waals surface area contributed by atoms with Gasteiger partial charge in [0.15, 0.2) is 5.96 Å². The molecule has 7 heteroatoms. The van der Waals surface area contributed by atoms with Crippen LogP contribution in [0.5, 0.6) is 0 Å². The van der Waals surface area contributed by atoms with Gasteiger partial charge in [0.2, 0.25) is 0 Å². The van der Waals surface area contributed by atoms with Gasteiger partial charge in [0.05, 0.1) is 18.6 Å². The van der Waals surface area contributed by atoms with E-state index in [-0.39, 0.29) is 0 Å². The number of aryl methyl sites for hydroxylation is 1. The molecule has 0 fully saturated rings. The van der Waals surface area contributed by atoms with Gasteiger partial charge >= 0.3 is 0 Å². The lowest BCUT2D eigenvalue weighted by atomic mass is 10.4. The van der Waals surface area contributed by atoms with Crippen LogP contribution in [-0.4, -0.2) is 38.4 Å². The maximum Gasteiger partial charge on any atom is 0.191 e. The molecule has 0 saturated heterocycles. The maximum atomic E-state index is 4.54. The minimum atomic E-state index is 0.608. The molecule has 0 unspecified atom stereocenters. The van der Waals surface area contributed by atoms with Crippen molar-refractivity contribution < 1.29 is 0 Å². The van der Waals surface area contributed by atoms with Crippen molar-refractivity contribution in [2.45, 2.75) is 20.0 Å². The van der Waals surface area contributed by atoms with Gasteiger partial charge in [-0.05, 0) is 13.0 Å². The van der Waals surface area contributed by atoms with Crippen molar-refractivity contribution in [3.63, 3.8) is 0 Å². The average Bonchev–Trinajstić information content (AvgIpc) is 3.08. The van der Waals surface area contributed by atoms with Crippen LogP contribution in [0.3, 0.4) is 0 Å².